The first-order valence-electron chi connectivity index (χ1n) is 18.9. The molecule has 2 N–H and O–H groups in total. The average molecular weight is 683 g/mol. The van der Waals surface area contributed by atoms with Crippen molar-refractivity contribution in [1.29, 1.82) is 0 Å². The SMILES string of the molecule is c1ccc(C2(c3ccccc3)CCc3cc(-c4nc5cc(-c6nn[nH]n6)ccc5n4C4CCCCC4)ccc3N2c2ccc3c(c2)CCCN3)cc1. The first kappa shape index (κ1) is 31.0. The van der Waals surface area contributed by atoms with E-state index in [-0.39, 0.29) is 5.54 Å². The van der Waals surface area contributed by atoms with E-state index in [4.69, 9.17) is 4.98 Å². The molecule has 0 saturated heterocycles. The number of imidazole rings is 1. The third-order valence-electron chi connectivity index (χ3n) is 11.7. The number of hydrogen-bond acceptors (Lipinski definition) is 6. The maximum absolute atomic E-state index is 5.38. The lowest BCUT2D eigenvalue weighted by atomic mass is 9.73. The molecule has 10 rings (SSSR count). The maximum Gasteiger partial charge on any atom is 0.204 e. The van der Waals surface area contributed by atoms with E-state index in [1.54, 1.807) is 0 Å². The van der Waals surface area contributed by atoms with Crippen LogP contribution in [-0.2, 0) is 18.4 Å². The minimum absolute atomic E-state index is 0.381. The molecule has 1 fully saturated rings. The molecule has 8 nitrogen and oxygen atoms in total. The third kappa shape index (κ3) is 5.11. The summed E-state index contributed by atoms with van der Waals surface area (Å²) in [6.07, 6.45) is 10.3. The number of anilines is 3. The Morgan fingerprint density at radius 1 is 0.692 bits per heavy atom. The lowest BCUT2D eigenvalue weighted by molar-refractivity contribution is 0.362. The predicted molar refractivity (Wildman–Crippen MR) is 208 cm³/mol. The lowest BCUT2D eigenvalue weighted by Crippen LogP contribution is -2.47. The van der Waals surface area contributed by atoms with Crippen LogP contribution < -0.4 is 10.2 Å². The first-order chi connectivity index (χ1) is 25.8. The van der Waals surface area contributed by atoms with Crippen LogP contribution in [0.5, 0.6) is 0 Å². The zero-order valence-corrected chi connectivity index (χ0v) is 29.3. The van der Waals surface area contributed by atoms with E-state index < -0.39 is 0 Å². The Kier molecular flexibility index (Phi) is 7.62. The molecule has 258 valence electrons. The number of rotatable bonds is 6. The summed E-state index contributed by atoms with van der Waals surface area (Å²) in [5.41, 5.74) is 13.0. The first-order valence-corrected chi connectivity index (χ1v) is 18.9. The number of hydrogen-bond donors (Lipinski definition) is 2. The highest BCUT2D eigenvalue weighted by molar-refractivity contribution is 5.86. The second kappa shape index (κ2) is 12.8. The molecule has 0 atom stereocenters. The van der Waals surface area contributed by atoms with E-state index in [9.17, 15) is 0 Å². The molecule has 4 heterocycles. The van der Waals surface area contributed by atoms with Crippen molar-refractivity contribution in [3.8, 4) is 22.8 Å². The van der Waals surface area contributed by atoms with Gasteiger partial charge in [0.25, 0.3) is 0 Å². The van der Waals surface area contributed by atoms with E-state index >= 15 is 0 Å². The molecule has 0 radical (unpaired) electrons. The largest absolute Gasteiger partial charge is 0.385 e. The number of aromatic amines is 1. The van der Waals surface area contributed by atoms with Crippen molar-refractivity contribution in [1.82, 2.24) is 30.2 Å². The number of nitrogens with one attached hydrogen (secondary N) is 2. The second-order valence-electron chi connectivity index (χ2n) is 14.7. The van der Waals surface area contributed by atoms with E-state index in [0.717, 1.165) is 49.1 Å². The Hall–Kier alpha value is -5.76. The Bertz CT molecular complexity index is 2320. The van der Waals surface area contributed by atoms with E-state index in [2.05, 4.69) is 151 Å². The van der Waals surface area contributed by atoms with Gasteiger partial charge >= 0.3 is 0 Å². The van der Waals surface area contributed by atoms with Gasteiger partial charge in [-0.1, -0.05) is 79.9 Å². The summed E-state index contributed by atoms with van der Waals surface area (Å²) in [5.74, 6) is 1.63. The van der Waals surface area contributed by atoms with Crippen molar-refractivity contribution >= 4 is 28.1 Å². The molecule has 5 aromatic carbocycles. The molecular formula is C44H42N8. The smallest absolute Gasteiger partial charge is 0.204 e. The Morgan fingerprint density at radius 2 is 1.48 bits per heavy atom. The summed E-state index contributed by atoms with van der Waals surface area (Å²) < 4.78 is 2.53. The van der Waals surface area contributed by atoms with Gasteiger partial charge in [0.05, 0.1) is 16.6 Å². The van der Waals surface area contributed by atoms with Crippen LogP contribution >= 0.6 is 0 Å². The molecule has 2 aliphatic heterocycles. The van der Waals surface area contributed by atoms with Crippen LogP contribution in [0.1, 0.15) is 73.2 Å². The number of aromatic nitrogens is 6. The van der Waals surface area contributed by atoms with Crippen LogP contribution in [0.15, 0.2) is 115 Å². The van der Waals surface area contributed by atoms with Crippen molar-refractivity contribution in [2.75, 3.05) is 16.8 Å². The van der Waals surface area contributed by atoms with Gasteiger partial charge in [-0.15, -0.1) is 10.2 Å². The molecule has 0 bridgehead atoms. The minimum atomic E-state index is -0.381. The van der Waals surface area contributed by atoms with Crippen LogP contribution in [0.2, 0.25) is 0 Å². The highest BCUT2D eigenvalue weighted by Crippen LogP contribution is 2.52. The summed E-state index contributed by atoms with van der Waals surface area (Å²) in [5, 5.41) is 18.5. The number of tetrazole rings is 1. The van der Waals surface area contributed by atoms with Crippen LogP contribution in [0.25, 0.3) is 33.8 Å². The summed E-state index contributed by atoms with van der Waals surface area (Å²) in [6.45, 7) is 1.03. The zero-order chi connectivity index (χ0) is 34.5. The fraction of sp³-hybridized carbons (Fsp3) is 0.273. The van der Waals surface area contributed by atoms with Gasteiger partial charge in [0, 0.05) is 40.8 Å². The molecule has 3 aliphatic rings. The van der Waals surface area contributed by atoms with Gasteiger partial charge in [-0.2, -0.15) is 5.21 Å². The summed E-state index contributed by atoms with van der Waals surface area (Å²) in [6, 6.07) is 43.3. The molecule has 8 heteroatoms. The fourth-order valence-electron chi connectivity index (χ4n) is 9.31. The Labute approximate surface area is 303 Å². The molecule has 0 unspecified atom stereocenters. The van der Waals surface area contributed by atoms with Crippen LogP contribution in [0.3, 0.4) is 0 Å². The summed E-state index contributed by atoms with van der Waals surface area (Å²) >= 11 is 0. The van der Waals surface area contributed by atoms with Crippen molar-refractivity contribution in [2.24, 2.45) is 0 Å². The fourth-order valence-corrected chi connectivity index (χ4v) is 9.31. The minimum Gasteiger partial charge on any atom is -0.385 e. The van der Waals surface area contributed by atoms with Gasteiger partial charge in [0.1, 0.15) is 5.82 Å². The molecule has 0 amide bonds. The average Bonchev–Trinajstić information content (AvgIpc) is 3.90. The highest BCUT2D eigenvalue weighted by atomic mass is 15.5. The van der Waals surface area contributed by atoms with E-state index in [1.807, 2.05) is 0 Å². The molecule has 1 aliphatic carbocycles. The van der Waals surface area contributed by atoms with Gasteiger partial charge in [0.15, 0.2) is 0 Å². The number of nitrogens with zero attached hydrogens (tertiary/aromatic N) is 6. The zero-order valence-electron chi connectivity index (χ0n) is 29.3. The molecule has 0 spiro atoms. The predicted octanol–water partition coefficient (Wildman–Crippen LogP) is 9.77. The van der Waals surface area contributed by atoms with Crippen LogP contribution in [0, 0.1) is 0 Å². The monoisotopic (exact) mass is 682 g/mol. The molecule has 2 aromatic heterocycles. The number of H-pyrrole nitrogens is 1. The van der Waals surface area contributed by atoms with Gasteiger partial charge in [-0.3, -0.25) is 0 Å². The standard InChI is InChI=1S/C44H42N8/c1-4-12-34(13-5-1)44(35-14-6-2-7-15-35)25-24-31-27-33(19-22-40(31)52(44)37-20-21-38-30(28-37)11-10-26-45-38)43-46-39-29-32(42-47-49-50-48-42)18-23-41(39)51(43)36-16-8-3-9-17-36/h1-2,4-7,12-15,18-23,27-29,36,45H,3,8-11,16-17,24-26H2,(H,47,48,49,50). The Balaban J connectivity index is 1.16. The van der Waals surface area contributed by atoms with Crippen molar-refractivity contribution < 1.29 is 0 Å². The number of fused-ring (bicyclic) bond motifs is 3. The van der Waals surface area contributed by atoms with Crippen LogP contribution in [-0.4, -0.2) is 36.7 Å². The summed E-state index contributed by atoms with van der Waals surface area (Å²) in [4.78, 5) is 8.03. The van der Waals surface area contributed by atoms with Gasteiger partial charge in [-0.05, 0) is 121 Å². The van der Waals surface area contributed by atoms with Crippen molar-refractivity contribution in [3.05, 3.63) is 138 Å². The Morgan fingerprint density at radius 3 is 2.25 bits per heavy atom. The maximum atomic E-state index is 5.38. The topological polar surface area (TPSA) is 87.5 Å². The molecule has 52 heavy (non-hydrogen) atoms. The van der Waals surface area contributed by atoms with E-state index in [1.165, 1.54) is 82.5 Å². The van der Waals surface area contributed by atoms with Gasteiger partial charge < -0.3 is 14.8 Å². The molecule has 1 saturated carbocycles. The van der Waals surface area contributed by atoms with Gasteiger partial charge in [-0.25, -0.2) is 4.98 Å². The van der Waals surface area contributed by atoms with Crippen molar-refractivity contribution in [3.63, 3.8) is 0 Å². The van der Waals surface area contributed by atoms with Crippen LogP contribution in [0.4, 0.5) is 17.1 Å². The second-order valence-corrected chi connectivity index (χ2v) is 14.7. The lowest BCUT2D eigenvalue weighted by Gasteiger charge is -2.50. The third-order valence-corrected chi connectivity index (χ3v) is 11.7. The normalized spacial score (nSPS) is 17.0. The van der Waals surface area contributed by atoms with Crippen molar-refractivity contribution in [2.45, 2.75) is 69.4 Å². The highest BCUT2D eigenvalue weighted by Gasteiger charge is 2.45. The van der Waals surface area contributed by atoms with E-state index in [0.29, 0.717) is 11.9 Å². The molecular weight excluding hydrogens is 641 g/mol. The van der Waals surface area contributed by atoms with Gasteiger partial charge in [0.2, 0.25) is 5.82 Å². The summed E-state index contributed by atoms with van der Waals surface area (Å²) in [7, 11) is 0. The number of aryl methyl sites for hydroxylation is 2. The quantitative estimate of drug-likeness (QED) is 0.182. The molecule has 7 aromatic rings. The number of benzene rings is 5.